The first-order chi connectivity index (χ1) is 13.6. The number of carbonyl (C=O) groups is 1. The normalized spacial score (nSPS) is 10.2. The van der Waals surface area contributed by atoms with Gasteiger partial charge in [0.05, 0.1) is 38.2 Å². The molecular weight excluding hydrogens is 354 g/mol. The minimum absolute atomic E-state index is 0.0978. The molecule has 0 saturated carbocycles. The van der Waals surface area contributed by atoms with Crippen molar-refractivity contribution in [2.24, 2.45) is 0 Å². The van der Waals surface area contributed by atoms with E-state index in [0.29, 0.717) is 23.7 Å². The molecule has 0 saturated heterocycles. The Balaban J connectivity index is 1.64. The van der Waals surface area contributed by atoms with Crippen LogP contribution < -0.4 is 20.1 Å². The van der Waals surface area contributed by atoms with Crippen LogP contribution in [0.25, 0.3) is 0 Å². The van der Waals surface area contributed by atoms with Crippen LogP contribution in [0.15, 0.2) is 60.8 Å². The lowest BCUT2D eigenvalue weighted by molar-refractivity contribution is -0.115. The number of nitrogens with zero attached hydrogens (tertiary/aromatic N) is 1. The van der Waals surface area contributed by atoms with Gasteiger partial charge in [-0.15, -0.1) is 0 Å². The summed E-state index contributed by atoms with van der Waals surface area (Å²) >= 11 is 0. The third-order valence-electron chi connectivity index (χ3n) is 4.33. The lowest BCUT2D eigenvalue weighted by Gasteiger charge is -2.13. The molecule has 1 heterocycles. The van der Waals surface area contributed by atoms with Gasteiger partial charge in [0, 0.05) is 6.07 Å². The maximum Gasteiger partial charge on any atom is 0.229 e. The van der Waals surface area contributed by atoms with Crippen LogP contribution in [0.5, 0.6) is 11.5 Å². The summed E-state index contributed by atoms with van der Waals surface area (Å²) in [5.41, 5.74) is 3.67. The summed E-state index contributed by atoms with van der Waals surface area (Å²) in [6.45, 7) is 1.99. The van der Waals surface area contributed by atoms with Crippen LogP contribution in [0.4, 0.5) is 17.2 Å². The van der Waals surface area contributed by atoms with Gasteiger partial charge in [-0.1, -0.05) is 24.3 Å². The van der Waals surface area contributed by atoms with Crippen molar-refractivity contribution in [3.05, 3.63) is 71.9 Å². The van der Waals surface area contributed by atoms with Crippen LogP contribution in [-0.4, -0.2) is 25.1 Å². The fourth-order valence-corrected chi connectivity index (χ4v) is 2.77. The van der Waals surface area contributed by atoms with Crippen molar-refractivity contribution in [2.75, 3.05) is 24.9 Å². The smallest absolute Gasteiger partial charge is 0.229 e. The van der Waals surface area contributed by atoms with Crippen molar-refractivity contribution in [2.45, 2.75) is 13.3 Å². The van der Waals surface area contributed by atoms with Crippen LogP contribution in [0.3, 0.4) is 0 Å². The Hall–Kier alpha value is -3.54. The van der Waals surface area contributed by atoms with E-state index in [1.807, 2.05) is 49.4 Å². The number of aryl methyl sites for hydroxylation is 1. The number of carbonyl (C=O) groups excluding carboxylic acids is 1. The molecule has 6 heteroatoms. The molecule has 0 aliphatic rings. The molecule has 1 amide bonds. The zero-order chi connectivity index (χ0) is 19.9. The Bertz CT molecular complexity index is 955. The molecule has 2 aromatic carbocycles. The fourth-order valence-electron chi connectivity index (χ4n) is 2.77. The van der Waals surface area contributed by atoms with Crippen LogP contribution in [-0.2, 0) is 11.2 Å². The zero-order valence-electron chi connectivity index (χ0n) is 16.2. The monoisotopic (exact) mass is 377 g/mol. The third-order valence-corrected chi connectivity index (χ3v) is 4.33. The highest BCUT2D eigenvalue weighted by Crippen LogP contribution is 2.31. The van der Waals surface area contributed by atoms with Crippen molar-refractivity contribution >= 4 is 23.1 Å². The molecule has 3 aromatic rings. The molecule has 6 nitrogen and oxygen atoms in total. The summed E-state index contributed by atoms with van der Waals surface area (Å²) in [5.74, 6) is 1.78. The highest BCUT2D eigenvalue weighted by atomic mass is 16.5. The number of pyridine rings is 1. The molecule has 0 unspecified atom stereocenters. The lowest BCUT2D eigenvalue weighted by Crippen LogP contribution is -2.15. The quantitative estimate of drug-likeness (QED) is 0.641. The average Bonchev–Trinajstić information content (AvgIpc) is 2.71. The van der Waals surface area contributed by atoms with Crippen molar-refractivity contribution < 1.29 is 14.3 Å². The molecule has 0 spiro atoms. The molecule has 0 bridgehead atoms. The first-order valence-electron chi connectivity index (χ1n) is 8.88. The van der Waals surface area contributed by atoms with E-state index < -0.39 is 0 Å². The summed E-state index contributed by atoms with van der Waals surface area (Å²) in [6.07, 6.45) is 1.98. The minimum atomic E-state index is -0.0978. The minimum Gasteiger partial charge on any atom is -0.497 e. The number of hydrogen-bond acceptors (Lipinski definition) is 5. The summed E-state index contributed by atoms with van der Waals surface area (Å²) in [5, 5.41) is 6.07. The number of nitrogens with one attached hydrogen (secondary N) is 2. The van der Waals surface area contributed by atoms with E-state index in [-0.39, 0.29) is 5.91 Å². The van der Waals surface area contributed by atoms with Crippen LogP contribution in [0.1, 0.15) is 11.1 Å². The summed E-state index contributed by atoms with van der Waals surface area (Å²) < 4.78 is 10.6. The molecule has 1 aromatic heterocycles. The van der Waals surface area contributed by atoms with Crippen molar-refractivity contribution in [1.82, 2.24) is 4.98 Å². The summed E-state index contributed by atoms with van der Waals surface area (Å²) in [6, 6.07) is 17.0. The number of methoxy groups -OCH3 is 2. The maximum absolute atomic E-state index is 12.3. The van der Waals surface area contributed by atoms with Crippen LogP contribution >= 0.6 is 0 Å². The molecule has 0 radical (unpaired) electrons. The first-order valence-corrected chi connectivity index (χ1v) is 8.88. The highest BCUT2D eigenvalue weighted by Gasteiger charge is 2.08. The molecule has 0 atom stereocenters. The van der Waals surface area contributed by atoms with Crippen molar-refractivity contribution in [3.63, 3.8) is 0 Å². The standard InChI is InChI=1S/C22H23N3O3/c1-15-6-4-5-7-16(15)12-22(26)25-21-11-8-17(14-23-21)24-19-10-9-18(27-2)13-20(19)28-3/h4-11,13-14,24H,12H2,1-3H3,(H,23,25,26). The average molecular weight is 377 g/mol. The van der Waals surface area contributed by atoms with Gasteiger partial charge in [-0.25, -0.2) is 4.98 Å². The van der Waals surface area contributed by atoms with E-state index in [4.69, 9.17) is 9.47 Å². The van der Waals surface area contributed by atoms with Gasteiger partial charge in [-0.2, -0.15) is 0 Å². The Kier molecular flexibility index (Phi) is 6.11. The molecule has 28 heavy (non-hydrogen) atoms. The number of aromatic nitrogens is 1. The number of rotatable bonds is 7. The van der Waals surface area contributed by atoms with Crippen molar-refractivity contribution in [1.29, 1.82) is 0 Å². The van der Waals surface area contributed by atoms with Gasteiger partial charge in [-0.3, -0.25) is 4.79 Å². The molecular formula is C22H23N3O3. The van der Waals surface area contributed by atoms with Crippen molar-refractivity contribution in [3.8, 4) is 11.5 Å². The maximum atomic E-state index is 12.3. The first kappa shape index (κ1) is 19.2. The number of hydrogen-bond donors (Lipinski definition) is 2. The van der Waals surface area contributed by atoms with Gasteiger partial charge in [0.25, 0.3) is 0 Å². The van der Waals surface area contributed by atoms with Gasteiger partial charge in [0.15, 0.2) is 0 Å². The Labute approximate surface area is 164 Å². The van der Waals surface area contributed by atoms with E-state index in [1.54, 1.807) is 32.5 Å². The second-order valence-corrected chi connectivity index (χ2v) is 6.27. The number of amides is 1. The molecule has 0 aliphatic carbocycles. The predicted octanol–water partition coefficient (Wildman–Crippen LogP) is 4.33. The highest BCUT2D eigenvalue weighted by molar-refractivity contribution is 5.91. The van der Waals surface area contributed by atoms with Crippen LogP contribution in [0, 0.1) is 6.92 Å². The molecule has 3 rings (SSSR count). The third kappa shape index (κ3) is 4.79. The van der Waals surface area contributed by atoms with Gasteiger partial charge >= 0.3 is 0 Å². The Morgan fingerprint density at radius 2 is 1.86 bits per heavy atom. The molecule has 0 fully saturated rings. The van der Waals surface area contributed by atoms with E-state index >= 15 is 0 Å². The van der Waals surface area contributed by atoms with Crippen LogP contribution in [0.2, 0.25) is 0 Å². The number of anilines is 3. The molecule has 144 valence electrons. The molecule has 0 aliphatic heterocycles. The summed E-state index contributed by atoms with van der Waals surface area (Å²) in [7, 11) is 3.21. The second-order valence-electron chi connectivity index (χ2n) is 6.27. The number of benzene rings is 2. The Morgan fingerprint density at radius 1 is 1.04 bits per heavy atom. The zero-order valence-corrected chi connectivity index (χ0v) is 16.2. The van der Waals surface area contributed by atoms with E-state index in [1.165, 1.54) is 0 Å². The topological polar surface area (TPSA) is 72.5 Å². The fraction of sp³-hybridized carbons (Fsp3) is 0.182. The van der Waals surface area contributed by atoms with Gasteiger partial charge < -0.3 is 20.1 Å². The largest absolute Gasteiger partial charge is 0.497 e. The number of ether oxygens (including phenoxy) is 2. The van der Waals surface area contributed by atoms with E-state index in [0.717, 1.165) is 22.5 Å². The van der Waals surface area contributed by atoms with Gasteiger partial charge in [0.2, 0.25) is 5.91 Å². The summed E-state index contributed by atoms with van der Waals surface area (Å²) in [4.78, 5) is 16.6. The molecule has 2 N–H and O–H groups in total. The van der Waals surface area contributed by atoms with E-state index in [9.17, 15) is 4.79 Å². The van der Waals surface area contributed by atoms with E-state index in [2.05, 4.69) is 15.6 Å². The Morgan fingerprint density at radius 3 is 2.54 bits per heavy atom. The SMILES string of the molecule is COc1ccc(Nc2ccc(NC(=O)Cc3ccccc3C)nc2)c(OC)c1. The van der Waals surface area contributed by atoms with Gasteiger partial charge in [-0.05, 0) is 42.3 Å². The second kappa shape index (κ2) is 8.90. The predicted molar refractivity (Wildman–Crippen MR) is 111 cm³/mol. The van der Waals surface area contributed by atoms with Gasteiger partial charge in [0.1, 0.15) is 17.3 Å². The lowest BCUT2D eigenvalue weighted by atomic mass is 10.1.